The molecule has 2 saturated carbocycles. The third-order valence-electron chi connectivity index (χ3n) is 7.10. The smallest absolute Gasteiger partial charge is 0.333 e. The predicted octanol–water partition coefficient (Wildman–Crippen LogP) is 4.96. The van der Waals surface area contributed by atoms with Crippen molar-refractivity contribution in [2.45, 2.75) is 79.9 Å². The normalized spacial score (nSPS) is 33.9. The van der Waals surface area contributed by atoms with Crippen molar-refractivity contribution < 1.29 is 23.9 Å². The zero-order valence-electron chi connectivity index (χ0n) is 19.4. The minimum atomic E-state index is -0.801. The van der Waals surface area contributed by atoms with Gasteiger partial charge in [-0.1, -0.05) is 37.6 Å². The molecular weight excluding hydrogens is 380 g/mol. The highest BCUT2D eigenvalue weighted by Crippen LogP contribution is 2.56. The average molecular weight is 417 g/mol. The highest BCUT2D eigenvalue weighted by atomic mass is 16.6. The summed E-state index contributed by atoms with van der Waals surface area (Å²) in [4.78, 5) is 38.0. The molecule has 0 amide bonds. The SMILES string of the molecule is C=C(C)[C@H]1C[C@@]2(C)[C@H](CC[C@@H](OC(=O)/C(C)=C\C)[C@@H]2C)[C@@H](OC(=O)C=C(C)C)C1=O. The van der Waals surface area contributed by atoms with E-state index in [0.717, 1.165) is 11.1 Å². The molecule has 0 spiro atoms. The lowest BCUT2D eigenvalue weighted by molar-refractivity contribution is -0.182. The molecule has 6 atom stereocenters. The van der Waals surface area contributed by atoms with Gasteiger partial charge >= 0.3 is 11.9 Å². The number of esters is 2. The minimum Gasteiger partial charge on any atom is -0.459 e. The van der Waals surface area contributed by atoms with Crippen LogP contribution >= 0.6 is 0 Å². The van der Waals surface area contributed by atoms with Crippen LogP contribution in [0.5, 0.6) is 0 Å². The average Bonchev–Trinajstić information content (AvgIpc) is 2.65. The number of carbonyl (C=O) groups is 3. The largest absolute Gasteiger partial charge is 0.459 e. The van der Waals surface area contributed by atoms with Crippen molar-refractivity contribution in [1.82, 2.24) is 0 Å². The van der Waals surface area contributed by atoms with E-state index < -0.39 is 12.1 Å². The maximum atomic E-state index is 13.2. The van der Waals surface area contributed by atoms with E-state index in [1.807, 2.05) is 27.7 Å². The number of rotatable bonds is 5. The lowest BCUT2D eigenvalue weighted by Gasteiger charge is -2.55. The van der Waals surface area contributed by atoms with Crippen LogP contribution in [0, 0.1) is 23.2 Å². The molecule has 0 aromatic heterocycles. The molecule has 0 radical (unpaired) electrons. The van der Waals surface area contributed by atoms with Crippen LogP contribution in [0.4, 0.5) is 0 Å². The standard InChI is InChI=1S/C25H36O5/c1-9-16(6)24(28)29-20-11-10-19-23(30-21(26)12-14(2)3)22(27)18(15(4)5)13-25(19,8)17(20)7/h9,12,17-20,23H,4,10-11,13H2,1-3,5-8H3/b16-9-/t17-,18+,19+,20+,23+,25+/m0/s1. The first-order chi connectivity index (χ1) is 13.9. The number of fused-ring (bicyclic) bond motifs is 1. The van der Waals surface area contributed by atoms with Gasteiger partial charge in [-0.2, -0.15) is 0 Å². The van der Waals surface area contributed by atoms with Crippen LogP contribution in [-0.4, -0.2) is 29.9 Å². The van der Waals surface area contributed by atoms with Gasteiger partial charge in [0.25, 0.3) is 0 Å². The molecule has 2 aliphatic carbocycles. The summed E-state index contributed by atoms with van der Waals surface area (Å²) >= 11 is 0. The van der Waals surface area contributed by atoms with Crippen LogP contribution in [0.2, 0.25) is 0 Å². The number of carbonyl (C=O) groups excluding carboxylic acids is 3. The molecule has 5 nitrogen and oxygen atoms in total. The first-order valence-electron chi connectivity index (χ1n) is 10.8. The van der Waals surface area contributed by atoms with E-state index in [9.17, 15) is 14.4 Å². The van der Waals surface area contributed by atoms with Gasteiger partial charge in [0.2, 0.25) is 0 Å². The second-order valence-electron chi connectivity index (χ2n) is 9.48. The van der Waals surface area contributed by atoms with Crippen molar-refractivity contribution in [2.24, 2.45) is 23.2 Å². The quantitative estimate of drug-likeness (QED) is 0.360. The molecule has 0 bridgehead atoms. The van der Waals surface area contributed by atoms with Crippen LogP contribution in [-0.2, 0) is 23.9 Å². The highest BCUT2D eigenvalue weighted by Gasteiger charge is 2.58. The van der Waals surface area contributed by atoms with Crippen LogP contribution in [0.15, 0.2) is 35.5 Å². The van der Waals surface area contributed by atoms with Gasteiger partial charge < -0.3 is 9.47 Å². The number of hydrogen-bond donors (Lipinski definition) is 0. The molecule has 2 rings (SSSR count). The van der Waals surface area contributed by atoms with Crippen molar-refractivity contribution in [3.8, 4) is 0 Å². The topological polar surface area (TPSA) is 69.7 Å². The van der Waals surface area contributed by atoms with Gasteiger partial charge in [0.15, 0.2) is 11.9 Å². The Hall–Kier alpha value is -2.17. The van der Waals surface area contributed by atoms with E-state index in [0.29, 0.717) is 24.8 Å². The van der Waals surface area contributed by atoms with Gasteiger partial charge in [0, 0.05) is 23.5 Å². The fourth-order valence-corrected chi connectivity index (χ4v) is 4.92. The number of ketones is 1. The Morgan fingerprint density at radius 3 is 2.30 bits per heavy atom. The number of hydrogen-bond acceptors (Lipinski definition) is 5. The predicted molar refractivity (Wildman–Crippen MR) is 117 cm³/mol. The zero-order chi connectivity index (χ0) is 22.8. The Morgan fingerprint density at radius 2 is 1.77 bits per heavy atom. The van der Waals surface area contributed by atoms with Crippen molar-refractivity contribution in [1.29, 1.82) is 0 Å². The Bertz CT molecular complexity index is 785. The molecule has 2 fully saturated rings. The van der Waals surface area contributed by atoms with E-state index >= 15 is 0 Å². The van der Waals surface area contributed by atoms with E-state index in [1.165, 1.54) is 6.08 Å². The molecule has 0 aliphatic heterocycles. The van der Waals surface area contributed by atoms with Crippen LogP contribution < -0.4 is 0 Å². The Morgan fingerprint density at radius 1 is 1.13 bits per heavy atom. The van der Waals surface area contributed by atoms with Gasteiger partial charge in [-0.3, -0.25) is 4.79 Å². The zero-order valence-corrected chi connectivity index (χ0v) is 19.4. The van der Waals surface area contributed by atoms with Crippen molar-refractivity contribution in [3.63, 3.8) is 0 Å². The summed E-state index contributed by atoms with van der Waals surface area (Å²) in [5.41, 5.74) is 1.87. The van der Waals surface area contributed by atoms with E-state index in [4.69, 9.17) is 9.47 Å². The van der Waals surface area contributed by atoms with Crippen LogP contribution in [0.25, 0.3) is 0 Å². The van der Waals surface area contributed by atoms with Gasteiger partial charge in [-0.25, -0.2) is 9.59 Å². The Labute approximate surface area is 180 Å². The van der Waals surface area contributed by atoms with Crippen molar-refractivity contribution in [3.05, 3.63) is 35.5 Å². The minimum absolute atomic E-state index is 0.0180. The molecular formula is C25H36O5. The first-order valence-corrected chi connectivity index (χ1v) is 10.8. The van der Waals surface area contributed by atoms with E-state index in [-0.39, 0.29) is 41.0 Å². The van der Waals surface area contributed by atoms with Gasteiger partial charge in [-0.05, 0) is 65.2 Å². The third-order valence-corrected chi connectivity index (χ3v) is 7.10. The fraction of sp³-hybridized carbons (Fsp3) is 0.640. The Balaban J connectivity index is 2.36. The lowest BCUT2D eigenvalue weighted by Crippen LogP contribution is -2.58. The Kier molecular flexibility index (Phi) is 7.49. The monoisotopic (exact) mass is 416 g/mol. The van der Waals surface area contributed by atoms with Crippen molar-refractivity contribution in [2.75, 3.05) is 0 Å². The summed E-state index contributed by atoms with van der Waals surface area (Å²) in [6.07, 6.45) is 4.06. The van der Waals surface area contributed by atoms with E-state index in [2.05, 4.69) is 20.4 Å². The van der Waals surface area contributed by atoms with Crippen LogP contribution in [0.3, 0.4) is 0 Å². The molecule has 166 valence electrons. The molecule has 0 aromatic carbocycles. The molecule has 0 saturated heterocycles. The number of Topliss-reactive ketones (excluding diaryl/α,β-unsaturated/α-hetero) is 1. The molecule has 2 aliphatic rings. The second kappa shape index (κ2) is 9.32. The molecule has 0 heterocycles. The summed E-state index contributed by atoms with van der Waals surface area (Å²) in [5.74, 6) is -1.31. The summed E-state index contributed by atoms with van der Waals surface area (Å²) in [5, 5.41) is 0. The lowest BCUT2D eigenvalue weighted by atomic mass is 9.51. The summed E-state index contributed by atoms with van der Waals surface area (Å²) in [6.45, 7) is 17.3. The summed E-state index contributed by atoms with van der Waals surface area (Å²) < 4.78 is 11.6. The number of allylic oxidation sites excluding steroid dienone is 3. The van der Waals surface area contributed by atoms with Gasteiger partial charge in [0.1, 0.15) is 6.10 Å². The summed E-state index contributed by atoms with van der Waals surface area (Å²) in [7, 11) is 0. The van der Waals surface area contributed by atoms with Crippen molar-refractivity contribution >= 4 is 17.7 Å². The first kappa shape index (κ1) is 24.1. The second-order valence-corrected chi connectivity index (χ2v) is 9.48. The molecule has 0 unspecified atom stereocenters. The number of ether oxygens (including phenoxy) is 2. The molecule has 0 aromatic rings. The summed E-state index contributed by atoms with van der Waals surface area (Å²) in [6, 6.07) is 0. The van der Waals surface area contributed by atoms with Crippen LogP contribution in [0.1, 0.15) is 67.7 Å². The molecule has 0 N–H and O–H groups in total. The van der Waals surface area contributed by atoms with Gasteiger partial charge in [0.05, 0.1) is 0 Å². The van der Waals surface area contributed by atoms with E-state index in [1.54, 1.807) is 13.0 Å². The highest BCUT2D eigenvalue weighted by molar-refractivity contribution is 5.92. The molecule has 30 heavy (non-hydrogen) atoms. The third kappa shape index (κ3) is 4.76. The fourth-order valence-electron chi connectivity index (χ4n) is 4.92. The maximum absolute atomic E-state index is 13.2. The van der Waals surface area contributed by atoms with Gasteiger partial charge in [-0.15, -0.1) is 0 Å². The maximum Gasteiger partial charge on any atom is 0.333 e. The molecule has 5 heteroatoms.